The van der Waals surface area contributed by atoms with E-state index in [1.807, 2.05) is 78.9 Å². The molecule has 0 aliphatic rings. The number of hydrazine groups is 1. The van der Waals surface area contributed by atoms with Crippen molar-refractivity contribution in [2.75, 3.05) is 13.2 Å². The van der Waals surface area contributed by atoms with Crippen molar-refractivity contribution in [2.45, 2.75) is 0 Å². The van der Waals surface area contributed by atoms with Gasteiger partial charge in [0.05, 0.1) is 0 Å². The summed E-state index contributed by atoms with van der Waals surface area (Å²) in [6.45, 7) is -0.447. The first-order valence-corrected chi connectivity index (χ1v) is 10.1. The smallest absolute Gasteiger partial charge is 0.276 e. The molecule has 4 aromatic rings. The molecule has 0 heterocycles. The number of amides is 2. The molecule has 4 rings (SSSR count). The largest absolute Gasteiger partial charge is 0.484 e. The van der Waals surface area contributed by atoms with Gasteiger partial charge in [-0.1, -0.05) is 72.8 Å². The topological polar surface area (TPSA) is 76.7 Å². The van der Waals surface area contributed by atoms with Crippen molar-refractivity contribution in [3.63, 3.8) is 0 Å². The zero-order valence-corrected chi connectivity index (χ0v) is 17.3. The summed E-state index contributed by atoms with van der Waals surface area (Å²) in [4.78, 5) is 23.9. The number of carbonyl (C=O) groups excluding carboxylic acids is 2. The summed E-state index contributed by atoms with van der Waals surface area (Å²) in [5, 5.41) is 2.11. The number of hydrogen-bond donors (Lipinski definition) is 2. The fourth-order valence-corrected chi connectivity index (χ4v) is 3.14. The third-order valence-electron chi connectivity index (χ3n) is 4.76. The van der Waals surface area contributed by atoms with Gasteiger partial charge in [0, 0.05) is 0 Å². The third kappa shape index (κ3) is 5.64. The Morgan fingerprint density at radius 2 is 1.09 bits per heavy atom. The summed E-state index contributed by atoms with van der Waals surface area (Å²) in [7, 11) is 0. The van der Waals surface area contributed by atoms with Crippen LogP contribution in [0.3, 0.4) is 0 Å². The molecule has 0 atom stereocenters. The van der Waals surface area contributed by atoms with E-state index in [1.54, 1.807) is 18.2 Å². The average molecular weight is 426 g/mol. The highest BCUT2D eigenvalue weighted by Gasteiger charge is 2.07. The van der Waals surface area contributed by atoms with Crippen LogP contribution in [0.1, 0.15) is 0 Å². The average Bonchev–Trinajstić information content (AvgIpc) is 2.85. The van der Waals surface area contributed by atoms with Gasteiger partial charge in [-0.25, -0.2) is 0 Å². The molecule has 2 N–H and O–H groups in total. The zero-order chi connectivity index (χ0) is 22.2. The van der Waals surface area contributed by atoms with E-state index in [2.05, 4.69) is 10.9 Å². The molecular formula is C26H22N2O4. The van der Waals surface area contributed by atoms with Crippen LogP contribution in [0.4, 0.5) is 0 Å². The number of ether oxygens (including phenoxy) is 2. The normalized spacial score (nSPS) is 10.4. The van der Waals surface area contributed by atoms with Crippen molar-refractivity contribution in [2.24, 2.45) is 0 Å². The van der Waals surface area contributed by atoms with Crippen molar-refractivity contribution in [1.29, 1.82) is 0 Å². The Bertz CT molecular complexity index is 1210. The second-order valence-corrected chi connectivity index (χ2v) is 7.07. The molecule has 4 aromatic carbocycles. The molecule has 0 unspecified atom stereocenters. The second kappa shape index (κ2) is 10.1. The first-order chi connectivity index (χ1) is 15.7. The lowest BCUT2D eigenvalue weighted by Crippen LogP contribution is -2.45. The van der Waals surface area contributed by atoms with Crippen molar-refractivity contribution in [3.05, 3.63) is 97.1 Å². The number of carbonyl (C=O) groups is 2. The molecule has 160 valence electrons. The van der Waals surface area contributed by atoms with E-state index in [4.69, 9.17) is 9.47 Å². The number of hydrogen-bond acceptors (Lipinski definition) is 4. The van der Waals surface area contributed by atoms with Crippen LogP contribution in [0.25, 0.3) is 21.9 Å². The maximum atomic E-state index is 11.9. The number of nitrogens with one attached hydrogen (secondary N) is 2. The van der Waals surface area contributed by atoms with E-state index in [0.29, 0.717) is 11.5 Å². The van der Waals surface area contributed by atoms with Gasteiger partial charge in [0.1, 0.15) is 11.5 Å². The summed E-state index contributed by atoms with van der Waals surface area (Å²) < 4.78 is 11.0. The van der Waals surface area contributed by atoms with E-state index in [0.717, 1.165) is 21.9 Å². The Labute approximate surface area is 185 Å². The molecule has 32 heavy (non-hydrogen) atoms. The van der Waals surface area contributed by atoms with Crippen LogP contribution in [0, 0.1) is 0 Å². The summed E-state index contributed by atoms with van der Waals surface area (Å²) in [6, 6.07) is 30.9. The first-order valence-electron chi connectivity index (χ1n) is 10.1. The molecule has 0 aliphatic carbocycles. The molecule has 0 bridgehead atoms. The standard InChI is InChI=1S/C26H22N2O4/c29-25(17-31-23-13-10-21(11-14-23)19-6-2-1-3-7-19)27-28-26(30)18-32-24-15-12-20-8-4-5-9-22(20)16-24/h1-16H,17-18H2,(H,27,29)(H,28,30). The van der Waals surface area contributed by atoms with Gasteiger partial charge in [-0.3, -0.25) is 20.4 Å². The predicted molar refractivity (Wildman–Crippen MR) is 123 cm³/mol. The van der Waals surface area contributed by atoms with Crippen LogP contribution < -0.4 is 20.3 Å². The monoisotopic (exact) mass is 426 g/mol. The van der Waals surface area contributed by atoms with Gasteiger partial charge in [-0.15, -0.1) is 0 Å². The summed E-state index contributed by atoms with van der Waals surface area (Å²) in [6.07, 6.45) is 0. The zero-order valence-electron chi connectivity index (χ0n) is 17.3. The van der Waals surface area contributed by atoms with Crippen molar-refractivity contribution >= 4 is 22.6 Å². The lowest BCUT2D eigenvalue weighted by molar-refractivity contribution is -0.131. The molecule has 0 aliphatic heterocycles. The maximum absolute atomic E-state index is 11.9. The van der Waals surface area contributed by atoms with Crippen LogP contribution in [0.2, 0.25) is 0 Å². The molecule has 0 saturated carbocycles. The first kappa shape index (κ1) is 20.9. The van der Waals surface area contributed by atoms with Crippen LogP contribution in [-0.2, 0) is 9.59 Å². The second-order valence-electron chi connectivity index (χ2n) is 7.07. The Hall–Kier alpha value is -4.32. The van der Waals surface area contributed by atoms with Gasteiger partial charge in [0.2, 0.25) is 0 Å². The van der Waals surface area contributed by atoms with E-state index >= 15 is 0 Å². The lowest BCUT2D eigenvalue weighted by Gasteiger charge is -2.10. The summed E-state index contributed by atoms with van der Waals surface area (Å²) in [5.41, 5.74) is 6.78. The summed E-state index contributed by atoms with van der Waals surface area (Å²) >= 11 is 0. The quantitative estimate of drug-likeness (QED) is 0.436. The molecule has 6 heteroatoms. The molecule has 0 radical (unpaired) electrons. The molecule has 0 aromatic heterocycles. The Morgan fingerprint density at radius 3 is 1.78 bits per heavy atom. The molecule has 0 saturated heterocycles. The number of rotatable bonds is 7. The van der Waals surface area contributed by atoms with Gasteiger partial charge in [0.15, 0.2) is 13.2 Å². The van der Waals surface area contributed by atoms with E-state index in [9.17, 15) is 9.59 Å². The van der Waals surface area contributed by atoms with Crippen molar-refractivity contribution in [1.82, 2.24) is 10.9 Å². The fraction of sp³-hybridized carbons (Fsp3) is 0.0769. The van der Waals surface area contributed by atoms with Crippen molar-refractivity contribution in [3.8, 4) is 22.6 Å². The highest BCUT2D eigenvalue weighted by atomic mass is 16.5. The fourth-order valence-electron chi connectivity index (χ4n) is 3.14. The third-order valence-corrected chi connectivity index (χ3v) is 4.76. The lowest BCUT2D eigenvalue weighted by atomic mass is 10.1. The van der Waals surface area contributed by atoms with Crippen LogP contribution in [0.5, 0.6) is 11.5 Å². The van der Waals surface area contributed by atoms with Gasteiger partial charge < -0.3 is 9.47 Å². The van der Waals surface area contributed by atoms with E-state index < -0.39 is 11.8 Å². The number of benzene rings is 4. The predicted octanol–water partition coefficient (Wildman–Crippen LogP) is 4.11. The van der Waals surface area contributed by atoms with E-state index in [-0.39, 0.29) is 13.2 Å². The van der Waals surface area contributed by atoms with Crippen LogP contribution >= 0.6 is 0 Å². The molecular weight excluding hydrogens is 404 g/mol. The molecule has 0 spiro atoms. The number of fused-ring (bicyclic) bond motifs is 1. The Kier molecular flexibility index (Phi) is 6.63. The van der Waals surface area contributed by atoms with Gasteiger partial charge in [-0.05, 0) is 46.2 Å². The van der Waals surface area contributed by atoms with Gasteiger partial charge in [-0.2, -0.15) is 0 Å². The van der Waals surface area contributed by atoms with Crippen molar-refractivity contribution < 1.29 is 19.1 Å². The minimum atomic E-state index is -0.476. The van der Waals surface area contributed by atoms with Gasteiger partial charge in [0.25, 0.3) is 11.8 Å². The Balaban J connectivity index is 1.18. The minimum absolute atomic E-state index is 0.222. The Morgan fingerprint density at radius 1 is 0.562 bits per heavy atom. The van der Waals surface area contributed by atoms with Crippen LogP contribution in [0.15, 0.2) is 97.1 Å². The highest BCUT2D eigenvalue weighted by molar-refractivity contribution is 5.85. The molecule has 0 fully saturated rings. The van der Waals surface area contributed by atoms with Crippen LogP contribution in [-0.4, -0.2) is 25.0 Å². The van der Waals surface area contributed by atoms with E-state index in [1.165, 1.54) is 0 Å². The summed E-state index contributed by atoms with van der Waals surface area (Å²) in [5.74, 6) is 0.188. The molecule has 6 nitrogen and oxygen atoms in total. The minimum Gasteiger partial charge on any atom is -0.484 e. The molecule has 2 amide bonds. The van der Waals surface area contributed by atoms with Gasteiger partial charge >= 0.3 is 0 Å². The highest BCUT2D eigenvalue weighted by Crippen LogP contribution is 2.22. The SMILES string of the molecule is O=C(COc1ccc(-c2ccccc2)cc1)NNC(=O)COc1ccc2ccccc2c1. The maximum Gasteiger partial charge on any atom is 0.276 e.